The van der Waals surface area contributed by atoms with Crippen molar-refractivity contribution in [3.63, 3.8) is 0 Å². The Hall–Kier alpha value is -1.70. The van der Waals surface area contributed by atoms with Crippen molar-refractivity contribution < 1.29 is 26.7 Å². The van der Waals surface area contributed by atoms with Gasteiger partial charge in [-0.15, -0.1) is 0 Å². The summed E-state index contributed by atoms with van der Waals surface area (Å²) < 4.78 is 66.4. The lowest BCUT2D eigenvalue weighted by atomic mass is 9.87. The van der Waals surface area contributed by atoms with Crippen molar-refractivity contribution in [2.45, 2.75) is 43.7 Å². The van der Waals surface area contributed by atoms with Gasteiger partial charge in [0.25, 0.3) is 11.8 Å². The maximum absolute atomic E-state index is 13.3. The van der Waals surface area contributed by atoms with E-state index in [2.05, 4.69) is 5.32 Å². The van der Waals surface area contributed by atoms with Crippen molar-refractivity contribution in [1.82, 2.24) is 10.2 Å². The van der Waals surface area contributed by atoms with E-state index in [9.17, 15) is 26.7 Å². The Balaban J connectivity index is 1.88. The topological polar surface area (TPSA) is 32.3 Å². The van der Waals surface area contributed by atoms with Gasteiger partial charge in [0.15, 0.2) is 0 Å². The molecule has 2 heterocycles. The van der Waals surface area contributed by atoms with Crippen molar-refractivity contribution >= 4 is 5.91 Å². The number of carbonyl (C=O) groups is 1. The average Bonchev–Trinajstić information content (AvgIpc) is 2.61. The van der Waals surface area contributed by atoms with Crippen LogP contribution in [-0.2, 0) is 6.18 Å². The minimum atomic E-state index is -4.56. The summed E-state index contributed by atoms with van der Waals surface area (Å²) >= 11 is 0. The second kappa shape index (κ2) is 7.13. The van der Waals surface area contributed by atoms with E-state index in [0.29, 0.717) is 31.5 Å². The summed E-state index contributed by atoms with van der Waals surface area (Å²) in [6.45, 7) is 1.13. The molecule has 0 aromatic heterocycles. The Morgan fingerprint density at radius 2 is 1.69 bits per heavy atom. The number of carbonyl (C=O) groups excluding carboxylic acids is 1. The molecule has 0 atom stereocenters. The van der Waals surface area contributed by atoms with Gasteiger partial charge in [0, 0.05) is 31.5 Å². The molecular weight excluding hydrogens is 355 g/mol. The molecule has 2 saturated heterocycles. The molecule has 3 nitrogen and oxygen atoms in total. The summed E-state index contributed by atoms with van der Waals surface area (Å²) in [5.41, 5.74) is -0.440. The fourth-order valence-electron chi connectivity index (χ4n) is 3.55. The van der Waals surface area contributed by atoms with Crippen molar-refractivity contribution in [2.75, 3.05) is 26.2 Å². The third-order valence-corrected chi connectivity index (χ3v) is 5.12. The lowest BCUT2D eigenvalue weighted by molar-refractivity contribution is -0.137. The van der Waals surface area contributed by atoms with Gasteiger partial charge in [0.1, 0.15) is 0 Å². The Morgan fingerprint density at radius 1 is 1.08 bits per heavy atom. The number of piperidine rings is 2. The minimum absolute atomic E-state index is 0.0456. The molecule has 1 N–H and O–H groups in total. The molecule has 3 rings (SSSR count). The Morgan fingerprint density at radius 3 is 2.27 bits per heavy atom. The van der Waals surface area contributed by atoms with Gasteiger partial charge in [0.2, 0.25) is 0 Å². The number of benzene rings is 1. The van der Waals surface area contributed by atoms with E-state index < -0.39 is 36.4 Å². The van der Waals surface area contributed by atoms with Crippen LogP contribution in [0, 0.1) is 0 Å². The molecule has 1 aromatic rings. The zero-order valence-electron chi connectivity index (χ0n) is 14.2. The zero-order valence-corrected chi connectivity index (χ0v) is 14.2. The van der Waals surface area contributed by atoms with Gasteiger partial charge in [-0.05, 0) is 55.6 Å². The molecular formula is C18H21F5N2O. The SMILES string of the molecule is O=C(c1cc(C2CCNCC2)cc(C(F)(F)F)c1)N1CCC(F)(F)CC1. The van der Waals surface area contributed by atoms with Crippen molar-refractivity contribution in [3.8, 4) is 0 Å². The quantitative estimate of drug-likeness (QED) is 0.790. The first-order valence-electron chi connectivity index (χ1n) is 8.76. The highest BCUT2D eigenvalue weighted by atomic mass is 19.4. The number of amides is 1. The number of rotatable bonds is 2. The largest absolute Gasteiger partial charge is 0.416 e. The average molecular weight is 376 g/mol. The lowest BCUT2D eigenvalue weighted by Crippen LogP contribution is -2.42. The molecule has 26 heavy (non-hydrogen) atoms. The summed E-state index contributed by atoms with van der Waals surface area (Å²) in [6, 6.07) is 3.44. The van der Waals surface area contributed by atoms with Gasteiger partial charge >= 0.3 is 6.18 Å². The fraction of sp³-hybridized carbons (Fsp3) is 0.611. The molecule has 0 unspecified atom stereocenters. The second-order valence-electron chi connectivity index (χ2n) is 7.01. The van der Waals surface area contributed by atoms with E-state index in [1.54, 1.807) is 0 Å². The maximum atomic E-state index is 13.3. The molecule has 144 valence electrons. The number of likely N-dealkylation sites (tertiary alicyclic amines) is 1. The van der Waals surface area contributed by atoms with Crippen molar-refractivity contribution in [3.05, 3.63) is 34.9 Å². The van der Waals surface area contributed by atoms with Crippen LogP contribution in [0.4, 0.5) is 22.0 Å². The zero-order chi connectivity index (χ0) is 18.9. The lowest BCUT2D eigenvalue weighted by Gasteiger charge is -2.32. The first kappa shape index (κ1) is 19.1. The molecule has 0 bridgehead atoms. The monoisotopic (exact) mass is 376 g/mol. The first-order valence-corrected chi connectivity index (χ1v) is 8.76. The molecule has 2 aliphatic heterocycles. The highest BCUT2D eigenvalue weighted by Gasteiger charge is 2.37. The van der Waals surface area contributed by atoms with Crippen molar-refractivity contribution in [2.24, 2.45) is 0 Å². The van der Waals surface area contributed by atoms with E-state index in [1.165, 1.54) is 11.0 Å². The van der Waals surface area contributed by atoms with Gasteiger partial charge in [-0.25, -0.2) is 8.78 Å². The maximum Gasteiger partial charge on any atom is 0.416 e. The molecule has 0 radical (unpaired) electrons. The molecule has 8 heteroatoms. The van der Waals surface area contributed by atoms with Crippen LogP contribution in [0.15, 0.2) is 18.2 Å². The first-order chi connectivity index (χ1) is 12.2. The van der Waals surface area contributed by atoms with Gasteiger partial charge < -0.3 is 10.2 Å². The van der Waals surface area contributed by atoms with E-state index in [-0.39, 0.29) is 24.6 Å². The molecule has 0 saturated carbocycles. The Labute approximate surface area is 148 Å². The number of halogens is 5. The molecule has 1 amide bonds. The van der Waals surface area contributed by atoms with E-state index in [0.717, 1.165) is 12.1 Å². The second-order valence-corrected chi connectivity index (χ2v) is 7.01. The minimum Gasteiger partial charge on any atom is -0.338 e. The Bertz CT molecular complexity index is 658. The predicted molar refractivity (Wildman–Crippen MR) is 86.4 cm³/mol. The number of hydrogen-bond donors (Lipinski definition) is 1. The summed E-state index contributed by atoms with van der Waals surface area (Å²) in [6.07, 6.45) is -4.08. The van der Waals surface area contributed by atoms with Crippen molar-refractivity contribution in [1.29, 1.82) is 0 Å². The highest BCUT2D eigenvalue weighted by molar-refractivity contribution is 5.94. The third-order valence-electron chi connectivity index (χ3n) is 5.12. The van der Waals surface area contributed by atoms with Crippen LogP contribution in [0.5, 0.6) is 0 Å². The standard InChI is InChI=1S/C18H21F5N2O/c19-17(20)3-7-25(8-4-17)16(26)14-9-13(12-1-5-24-6-2-12)10-15(11-14)18(21,22)23/h9-12,24H,1-8H2. The fourth-order valence-corrected chi connectivity index (χ4v) is 3.55. The number of nitrogens with one attached hydrogen (secondary N) is 1. The molecule has 0 aliphatic carbocycles. The summed E-state index contributed by atoms with van der Waals surface area (Å²) in [7, 11) is 0. The van der Waals surface area contributed by atoms with Gasteiger partial charge in [-0.3, -0.25) is 4.79 Å². The summed E-state index contributed by atoms with van der Waals surface area (Å²) in [5.74, 6) is -3.47. The number of nitrogens with zero attached hydrogens (tertiary/aromatic N) is 1. The molecule has 2 fully saturated rings. The number of hydrogen-bond acceptors (Lipinski definition) is 2. The van der Waals surface area contributed by atoms with Gasteiger partial charge in [-0.1, -0.05) is 0 Å². The van der Waals surface area contributed by atoms with E-state index in [4.69, 9.17) is 0 Å². The van der Waals surface area contributed by atoms with Gasteiger partial charge in [-0.2, -0.15) is 13.2 Å². The highest BCUT2D eigenvalue weighted by Crippen LogP contribution is 2.35. The van der Waals surface area contributed by atoms with Crippen LogP contribution < -0.4 is 5.32 Å². The smallest absolute Gasteiger partial charge is 0.338 e. The molecule has 1 aromatic carbocycles. The summed E-state index contributed by atoms with van der Waals surface area (Å²) in [4.78, 5) is 13.8. The van der Waals surface area contributed by atoms with Crippen LogP contribution in [0.25, 0.3) is 0 Å². The van der Waals surface area contributed by atoms with E-state index >= 15 is 0 Å². The van der Waals surface area contributed by atoms with Crippen LogP contribution in [0.2, 0.25) is 0 Å². The van der Waals surface area contributed by atoms with E-state index in [1.807, 2.05) is 0 Å². The van der Waals surface area contributed by atoms with Gasteiger partial charge in [0.05, 0.1) is 5.56 Å². The predicted octanol–water partition coefficient (Wildman–Crippen LogP) is 4.04. The molecule has 2 aliphatic rings. The molecule has 0 spiro atoms. The van der Waals surface area contributed by atoms with Crippen LogP contribution in [-0.4, -0.2) is 42.9 Å². The van der Waals surface area contributed by atoms with Crippen LogP contribution >= 0.6 is 0 Å². The normalized spacial score (nSPS) is 21.7. The van der Waals surface area contributed by atoms with Crippen LogP contribution in [0.3, 0.4) is 0 Å². The summed E-state index contributed by atoms with van der Waals surface area (Å²) in [5, 5.41) is 3.16. The van der Waals surface area contributed by atoms with Crippen LogP contribution in [0.1, 0.15) is 53.1 Å². The Kier molecular flexibility index (Phi) is 5.23. The number of alkyl halides is 5. The third kappa shape index (κ3) is 4.34.